The first-order chi connectivity index (χ1) is 10.8. The topological polar surface area (TPSA) is 54.5 Å². The van der Waals surface area contributed by atoms with Gasteiger partial charge in [-0.1, -0.05) is 18.2 Å². The second-order valence-corrected chi connectivity index (χ2v) is 5.82. The van der Waals surface area contributed by atoms with Crippen LogP contribution in [0.3, 0.4) is 0 Å². The first kappa shape index (κ1) is 15.0. The van der Waals surface area contributed by atoms with Gasteiger partial charge in [-0.3, -0.25) is 4.79 Å². The van der Waals surface area contributed by atoms with Crippen molar-refractivity contribution in [2.45, 2.75) is 25.8 Å². The average molecular weight is 301 g/mol. The lowest BCUT2D eigenvalue weighted by Gasteiger charge is -2.27. The molecule has 1 saturated heterocycles. The Morgan fingerprint density at radius 3 is 2.86 bits per heavy atom. The molecule has 0 bridgehead atoms. The van der Waals surface area contributed by atoms with Gasteiger partial charge in [-0.2, -0.15) is 0 Å². The van der Waals surface area contributed by atoms with Crippen molar-refractivity contribution in [1.82, 2.24) is 10.3 Å². The molecule has 1 aromatic heterocycles. The molecule has 1 aliphatic carbocycles. The fourth-order valence-electron chi connectivity index (χ4n) is 2.87. The number of ether oxygens (including phenoxy) is 1. The molecule has 5 heteroatoms. The summed E-state index contributed by atoms with van der Waals surface area (Å²) >= 11 is 0. The fraction of sp³-hybridized carbons (Fsp3) is 0.529. The van der Waals surface area contributed by atoms with Gasteiger partial charge < -0.3 is 15.0 Å². The van der Waals surface area contributed by atoms with Crippen molar-refractivity contribution >= 4 is 11.7 Å². The number of carbonyl (C=O) groups excluding carboxylic acids is 1. The van der Waals surface area contributed by atoms with Crippen LogP contribution in [0.1, 0.15) is 24.8 Å². The van der Waals surface area contributed by atoms with Gasteiger partial charge >= 0.3 is 0 Å². The van der Waals surface area contributed by atoms with Gasteiger partial charge in [0, 0.05) is 31.7 Å². The van der Waals surface area contributed by atoms with E-state index >= 15 is 0 Å². The molecule has 1 aliphatic heterocycles. The largest absolute Gasteiger partial charge is 0.378 e. The molecule has 1 unspecified atom stereocenters. The number of carbonyl (C=O) groups is 1. The smallest absolute Gasteiger partial charge is 0.223 e. The van der Waals surface area contributed by atoms with E-state index in [1.807, 2.05) is 18.3 Å². The summed E-state index contributed by atoms with van der Waals surface area (Å²) in [6.45, 7) is 3.84. The molecule has 0 aromatic carbocycles. The van der Waals surface area contributed by atoms with E-state index in [1.54, 1.807) is 0 Å². The Hall–Kier alpha value is -1.88. The monoisotopic (exact) mass is 301 g/mol. The lowest BCUT2D eigenvalue weighted by molar-refractivity contribution is -0.125. The Morgan fingerprint density at radius 1 is 1.32 bits per heavy atom. The normalized spacial score (nSPS) is 21.6. The fourth-order valence-corrected chi connectivity index (χ4v) is 2.87. The molecule has 22 heavy (non-hydrogen) atoms. The molecule has 3 rings (SSSR count). The van der Waals surface area contributed by atoms with Crippen LogP contribution in [0, 0.1) is 5.92 Å². The highest BCUT2D eigenvalue weighted by atomic mass is 16.5. The Balaban J connectivity index is 1.50. The zero-order chi connectivity index (χ0) is 15.2. The third-order valence-corrected chi connectivity index (χ3v) is 4.25. The molecule has 118 valence electrons. The van der Waals surface area contributed by atoms with Crippen molar-refractivity contribution in [3.8, 4) is 0 Å². The van der Waals surface area contributed by atoms with E-state index < -0.39 is 0 Å². The van der Waals surface area contributed by atoms with Gasteiger partial charge in [0.15, 0.2) is 0 Å². The maximum atomic E-state index is 12.1. The second kappa shape index (κ2) is 7.40. The molecule has 0 spiro atoms. The van der Waals surface area contributed by atoms with Crippen LogP contribution in [0.25, 0.3) is 0 Å². The van der Waals surface area contributed by atoms with E-state index in [0.717, 1.165) is 56.9 Å². The van der Waals surface area contributed by atoms with E-state index in [-0.39, 0.29) is 11.8 Å². The third-order valence-electron chi connectivity index (χ3n) is 4.25. The average Bonchev–Trinajstić information content (AvgIpc) is 2.61. The molecular weight excluding hydrogens is 278 g/mol. The molecule has 1 atom stereocenters. The zero-order valence-electron chi connectivity index (χ0n) is 12.8. The van der Waals surface area contributed by atoms with Crippen LogP contribution in [-0.4, -0.2) is 37.2 Å². The van der Waals surface area contributed by atoms with Crippen molar-refractivity contribution in [3.05, 3.63) is 36.0 Å². The van der Waals surface area contributed by atoms with Gasteiger partial charge in [0.25, 0.3) is 0 Å². The molecule has 5 nitrogen and oxygen atoms in total. The molecule has 1 aromatic rings. The standard InChI is InChI=1S/C17H23N3O2/c21-17(15-4-2-1-3-5-15)19-13-14-6-7-16(18-12-14)20-8-10-22-11-9-20/h1-2,6-7,12,15H,3-5,8-11,13H2,(H,19,21). The molecule has 1 amide bonds. The molecule has 1 N–H and O–H groups in total. The third kappa shape index (κ3) is 3.85. The van der Waals surface area contributed by atoms with Crippen molar-refractivity contribution in [2.75, 3.05) is 31.2 Å². The van der Waals surface area contributed by atoms with E-state index in [4.69, 9.17) is 4.74 Å². The molecule has 2 aliphatic rings. The Morgan fingerprint density at radius 2 is 2.18 bits per heavy atom. The summed E-state index contributed by atoms with van der Waals surface area (Å²) in [5, 5.41) is 3.02. The Bertz CT molecular complexity index is 521. The van der Waals surface area contributed by atoms with E-state index in [0.29, 0.717) is 6.54 Å². The highest BCUT2D eigenvalue weighted by molar-refractivity contribution is 5.78. The number of aromatic nitrogens is 1. The van der Waals surface area contributed by atoms with Crippen LogP contribution in [0.4, 0.5) is 5.82 Å². The van der Waals surface area contributed by atoms with Crippen molar-refractivity contribution in [2.24, 2.45) is 5.92 Å². The number of pyridine rings is 1. The number of hydrogen-bond donors (Lipinski definition) is 1. The van der Waals surface area contributed by atoms with Gasteiger partial charge in [0.1, 0.15) is 5.82 Å². The highest BCUT2D eigenvalue weighted by Gasteiger charge is 2.18. The van der Waals surface area contributed by atoms with Crippen LogP contribution in [0.15, 0.2) is 30.5 Å². The van der Waals surface area contributed by atoms with Crippen LogP contribution in [-0.2, 0) is 16.1 Å². The molecule has 2 heterocycles. The number of allylic oxidation sites excluding steroid dienone is 2. The van der Waals surface area contributed by atoms with Crippen molar-refractivity contribution in [3.63, 3.8) is 0 Å². The van der Waals surface area contributed by atoms with Crippen molar-refractivity contribution < 1.29 is 9.53 Å². The van der Waals surface area contributed by atoms with Crippen LogP contribution < -0.4 is 10.2 Å². The SMILES string of the molecule is O=C(NCc1ccc(N2CCOCC2)nc1)C1CC=CCC1. The Labute approximate surface area is 131 Å². The summed E-state index contributed by atoms with van der Waals surface area (Å²) in [7, 11) is 0. The minimum atomic E-state index is 0.130. The zero-order valence-corrected chi connectivity index (χ0v) is 12.8. The van der Waals surface area contributed by atoms with Gasteiger partial charge in [-0.15, -0.1) is 0 Å². The number of anilines is 1. The minimum absolute atomic E-state index is 0.130. The van der Waals surface area contributed by atoms with E-state index in [2.05, 4.69) is 27.4 Å². The maximum absolute atomic E-state index is 12.1. The quantitative estimate of drug-likeness (QED) is 0.863. The predicted molar refractivity (Wildman–Crippen MR) is 85.6 cm³/mol. The van der Waals surface area contributed by atoms with Gasteiger partial charge in [0.2, 0.25) is 5.91 Å². The van der Waals surface area contributed by atoms with Crippen LogP contribution >= 0.6 is 0 Å². The number of morpholine rings is 1. The summed E-state index contributed by atoms with van der Waals surface area (Å²) in [5.74, 6) is 1.27. The summed E-state index contributed by atoms with van der Waals surface area (Å²) in [6, 6.07) is 4.06. The van der Waals surface area contributed by atoms with Gasteiger partial charge in [-0.05, 0) is 30.9 Å². The van der Waals surface area contributed by atoms with E-state index in [9.17, 15) is 4.79 Å². The number of nitrogens with one attached hydrogen (secondary N) is 1. The summed E-state index contributed by atoms with van der Waals surface area (Å²) < 4.78 is 5.35. The number of nitrogens with zero attached hydrogens (tertiary/aromatic N) is 2. The van der Waals surface area contributed by atoms with Crippen LogP contribution in [0.2, 0.25) is 0 Å². The predicted octanol–water partition coefficient (Wildman–Crippen LogP) is 1.89. The van der Waals surface area contributed by atoms with Gasteiger partial charge in [-0.25, -0.2) is 4.98 Å². The lowest BCUT2D eigenvalue weighted by Crippen LogP contribution is -2.36. The number of amides is 1. The molecule has 0 saturated carbocycles. The molecule has 1 fully saturated rings. The molecule has 0 radical (unpaired) electrons. The summed E-state index contributed by atoms with van der Waals surface area (Å²) in [4.78, 5) is 18.8. The molecular formula is C17H23N3O2. The van der Waals surface area contributed by atoms with E-state index in [1.165, 1.54) is 0 Å². The summed E-state index contributed by atoms with van der Waals surface area (Å²) in [6.07, 6.45) is 8.93. The Kier molecular flexibility index (Phi) is 5.06. The minimum Gasteiger partial charge on any atom is -0.378 e. The maximum Gasteiger partial charge on any atom is 0.223 e. The van der Waals surface area contributed by atoms with Gasteiger partial charge in [0.05, 0.1) is 13.2 Å². The van der Waals surface area contributed by atoms with Crippen molar-refractivity contribution in [1.29, 1.82) is 0 Å². The summed E-state index contributed by atoms with van der Waals surface area (Å²) in [5.41, 5.74) is 1.04. The number of hydrogen-bond acceptors (Lipinski definition) is 4. The first-order valence-corrected chi connectivity index (χ1v) is 8.03. The lowest BCUT2D eigenvalue weighted by atomic mass is 9.93. The first-order valence-electron chi connectivity index (χ1n) is 8.03. The highest BCUT2D eigenvalue weighted by Crippen LogP contribution is 2.18. The second-order valence-electron chi connectivity index (χ2n) is 5.82. The number of rotatable bonds is 4. The van der Waals surface area contributed by atoms with Crippen LogP contribution in [0.5, 0.6) is 0 Å².